The first kappa shape index (κ1) is 17.2. The van der Waals surface area contributed by atoms with Crippen LogP contribution in [0.15, 0.2) is 64.2 Å². The highest BCUT2D eigenvalue weighted by atomic mass is 32.2. The molecular formula is C19H14FN5OS. The van der Waals surface area contributed by atoms with Gasteiger partial charge in [-0.1, -0.05) is 48.2 Å². The van der Waals surface area contributed by atoms with Crippen molar-refractivity contribution in [3.8, 4) is 11.5 Å². The summed E-state index contributed by atoms with van der Waals surface area (Å²) < 4.78 is 18.6. The molecule has 0 unspecified atom stereocenters. The third-order valence-electron chi connectivity index (χ3n) is 3.60. The third-order valence-corrected chi connectivity index (χ3v) is 4.43. The summed E-state index contributed by atoms with van der Waals surface area (Å²) >= 11 is 1.39. The maximum atomic E-state index is 12.9. The lowest BCUT2D eigenvalue weighted by Gasteiger charge is -1.93. The summed E-state index contributed by atoms with van der Waals surface area (Å²) in [6.07, 6.45) is 3.61. The van der Waals surface area contributed by atoms with Gasteiger partial charge in [0.1, 0.15) is 11.6 Å². The molecule has 0 bridgehead atoms. The van der Waals surface area contributed by atoms with Gasteiger partial charge in [0.2, 0.25) is 16.9 Å². The highest BCUT2D eigenvalue weighted by molar-refractivity contribution is 7.98. The smallest absolute Gasteiger partial charge is 0.247 e. The summed E-state index contributed by atoms with van der Waals surface area (Å²) in [7, 11) is 0. The first-order chi connectivity index (χ1) is 13.3. The van der Waals surface area contributed by atoms with Gasteiger partial charge >= 0.3 is 0 Å². The molecule has 4 aromatic rings. The molecule has 0 amide bonds. The molecule has 2 aromatic heterocycles. The topological polar surface area (TPSA) is 80.5 Å². The van der Waals surface area contributed by atoms with Crippen molar-refractivity contribution in [2.75, 3.05) is 0 Å². The lowest BCUT2D eigenvalue weighted by atomic mass is 10.2. The van der Waals surface area contributed by atoms with Gasteiger partial charge in [-0.15, -0.1) is 15.3 Å². The van der Waals surface area contributed by atoms with Crippen molar-refractivity contribution in [1.82, 2.24) is 25.4 Å². The van der Waals surface area contributed by atoms with E-state index >= 15 is 0 Å². The predicted octanol–water partition coefficient (Wildman–Crippen LogP) is 4.46. The number of rotatable bonds is 6. The molecule has 0 aliphatic rings. The van der Waals surface area contributed by atoms with Crippen LogP contribution in [0.3, 0.4) is 0 Å². The highest BCUT2D eigenvalue weighted by Gasteiger charge is 2.10. The molecule has 0 saturated carbocycles. The van der Waals surface area contributed by atoms with Crippen LogP contribution in [-0.4, -0.2) is 25.4 Å². The van der Waals surface area contributed by atoms with Gasteiger partial charge in [-0.2, -0.15) is 0 Å². The molecule has 1 N–H and O–H groups in total. The Morgan fingerprint density at radius 1 is 1.00 bits per heavy atom. The van der Waals surface area contributed by atoms with E-state index in [1.807, 2.05) is 36.4 Å². The van der Waals surface area contributed by atoms with Crippen molar-refractivity contribution in [1.29, 1.82) is 0 Å². The Kier molecular flexibility index (Phi) is 5.06. The molecule has 134 valence electrons. The standard InChI is InChI=1S/C19H14FN5OS/c20-15-9-6-13(7-10-15)8-11-16-21-19(25-22-16)27-12-17-23-24-18(26-17)14-4-2-1-3-5-14/h1-11H,12H2,(H,21,22,25)/b11-8+. The lowest BCUT2D eigenvalue weighted by molar-refractivity contribution is 0.528. The molecule has 0 atom stereocenters. The van der Waals surface area contributed by atoms with Gasteiger partial charge in [0.25, 0.3) is 0 Å². The second kappa shape index (κ2) is 7.96. The zero-order chi connectivity index (χ0) is 18.5. The summed E-state index contributed by atoms with van der Waals surface area (Å²) in [5.41, 5.74) is 1.76. The van der Waals surface area contributed by atoms with Crippen molar-refractivity contribution < 1.29 is 8.81 Å². The van der Waals surface area contributed by atoms with Crippen molar-refractivity contribution in [3.63, 3.8) is 0 Å². The minimum atomic E-state index is -0.262. The maximum Gasteiger partial charge on any atom is 0.247 e. The molecule has 2 heterocycles. The van der Waals surface area contributed by atoms with Gasteiger partial charge in [0, 0.05) is 5.56 Å². The Morgan fingerprint density at radius 2 is 1.81 bits per heavy atom. The van der Waals surface area contributed by atoms with Crippen LogP contribution in [0.2, 0.25) is 0 Å². The van der Waals surface area contributed by atoms with Crippen LogP contribution >= 0.6 is 11.8 Å². The first-order valence-electron chi connectivity index (χ1n) is 8.13. The maximum absolute atomic E-state index is 12.9. The molecule has 0 saturated heterocycles. The number of benzene rings is 2. The number of thioether (sulfide) groups is 1. The van der Waals surface area contributed by atoms with Gasteiger partial charge in [0.05, 0.1) is 5.75 Å². The molecule has 6 nitrogen and oxygen atoms in total. The van der Waals surface area contributed by atoms with E-state index in [1.165, 1.54) is 23.9 Å². The average Bonchev–Trinajstić information content (AvgIpc) is 3.36. The quantitative estimate of drug-likeness (QED) is 0.498. The molecule has 0 spiro atoms. The van der Waals surface area contributed by atoms with E-state index < -0.39 is 0 Å². The number of hydrogen-bond donors (Lipinski definition) is 1. The molecule has 0 aliphatic carbocycles. The Balaban J connectivity index is 1.36. The number of aromatic nitrogens is 5. The Labute approximate surface area is 158 Å². The van der Waals surface area contributed by atoms with Gasteiger partial charge in [-0.25, -0.2) is 9.37 Å². The summed E-state index contributed by atoms with van der Waals surface area (Å²) in [6.45, 7) is 0. The molecule has 4 rings (SSSR count). The van der Waals surface area contributed by atoms with Gasteiger partial charge < -0.3 is 4.42 Å². The van der Waals surface area contributed by atoms with Crippen LogP contribution in [0.25, 0.3) is 23.6 Å². The van der Waals surface area contributed by atoms with E-state index in [2.05, 4.69) is 25.4 Å². The van der Waals surface area contributed by atoms with Crippen LogP contribution in [0.1, 0.15) is 17.3 Å². The number of hydrogen-bond acceptors (Lipinski definition) is 6. The number of H-pyrrole nitrogens is 1. The first-order valence-corrected chi connectivity index (χ1v) is 9.11. The zero-order valence-corrected chi connectivity index (χ0v) is 14.9. The molecule has 8 heteroatoms. The van der Waals surface area contributed by atoms with E-state index in [0.717, 1.165) is 11.1 Å². The monoisotopic (exact) mass is 379 g/mol. The van der Waals surface area contributed by atoms with Crippen LogP contribution in [0.4, 0.5) is 4.39 Å². The third kappa shape index (κ3) is 4.48. The Hall–Kier alpha value is -3.26. The molecule has 0 radical (unpaired) electrons. The second-order valence-corrected chi connectivity index (χ2v) is 6.49. The fraction of sp³-hybridized carbons (Fsp3) is 0.0526. The number of aromatic amines is 1. The fourth-order valence-electron chi connectivity index (χ4n) is 2.28. The molecule has 0 fully saturated rings. The minimum Gasteiger partial charge on any atom is -0.420 e. The summed E-state index contributed by atoms with van der Waals surface area (Å²) in [6, 6.07) is 15.8. The SMILES string of the molecule is Fc1ccc(/C=C/c2nc(SCc3nnc(-c4ccccc4)o3)n[nH]2)cc1. The van der Waals surface area contributed by atoms with Crippen LogP contribution in [0, 0.1) is 5.82 Å². The highest BCUT2D eigenvalue weighted by Crippen LogP contribution is 2.22. The molecule has 27 heavy (non-hydrogen) atoms. The van der Waals surface area contributed by atoms with E-state index in [0.29, 0.717) is 28.5 Å². The van der Waals surface area contributed by atoms with Crippen molar-refractivity contribution in [2.45, 2.75) is 10.9 Å². The van der Waals surface area contributed by atoms with E-state index in [1.54, 1.807) is 18.2 Å². The van der Waals surface area contributed by atoms with E-state index in [-0.39, 0.29) is 5.82 Å². The van der Waals surface area contributed by atoms with Gasteiger partial charge in [-0.05, 0) is 35.9 Å². The summed E-state index contributed by atoms with van der Waals surface area (Å²) in [4.78, 5) is 4.37. The van der Waals surface area contributed by atoms with Gasteiger partial charge in [-0.3, -0.25) is 5.10 Å². The summed E-state index contributed by atoms with van der Waals surface area (Å²) in [5, 5.41) is 15.7. The van der Waals surface area contributed by atoms with Crippen LogP contribution < -0.4 is 0 Å². The van der Waals surface area contributed by atoms with Crippen molar-refractivity contribution in [2.24, 2.45) is 0 Å². The van der Waals surface area contributed by atoms with Crippen molar-refractivity contribution in [3.05, 3.63) is 77.7 Å². The molecule has 0 aliphatic heterocycles. The molecule has 2 aromatic carbocycles. The normalized spacial score (nSPS) is 11.3. The fourth-order valence-corrected chi connectivity index (χ4v) is 2.92. The average molecular weight is 379 g/mol. The number of nitrogens with one attached hydrogen (secondary N) is 1. The minimum absolute atomic E-state index is 0.262. The molecular weight excluding hydrogens is 365 g/mol. The lowest BCUT2D eigenvalue weighted by Crippen LogP contribution is -1.82. The van der Waals surface area contributed by atoms with Crippen molar-refractivity contribution >= 4 is 23.9 Å². The van der Waals surface area contributed by atoms with E-state index in [9.17, 15) is 4.39 Å². The summed E-state index contributed by atoms with van der Waals surface area (Å²) in [5.74, 6) is 1.81. The van der Waals surface area contributed by atoms with E-state index in [4.69, 9.17) is 4.42 Å². The van der Waals surface area contributed by atoms with Gasteiger partial charge in [0.15, 0.2) is 0 Å². The predicted molar refractivity (Wildman–Crippen MR) is 101 cm³/mol. The van der Waals surface area contributed by atoms with Crippen LogP contribution in [0.5, 0.6) is 0 Å². The van der Waals surface area contributed by atoms with Crippen LogP contribution in [-0.2, 0) is 5.75 Å². The Morgan fingerprint density at radius 3 is 2.63 bits per heavy atom. The largest absolute Gasteiger partial charge is 0.420 e. The Bertz CT molecular complexity index is 1040. The number of nitrogens with zero attached hydrogens (tertiary/aromatic N) is 4. The second-order valence-electron chi connectivity index (χ2n) is 5.54. The number of halogens is 1. The zero-order valence-electron chi connectivity index (χ0n) is 14.0.